The molecule has 0 fully saturated rings. The zero-order valence-corrected chi connectivity index (χ0v) is 15.6. The number of carbonyl (C=O) groups excluding carboxylic acids is 1. The molecule has 1 N–H and O–H groups in total. The Morgan fingerprint density at radius 2 is 1.84 bits per heavy atom. The van der Waals surface area contributed by atoms with Gasteiger partial charge in [-0.1, -0.05) is 30.3 Å². The summed E-state index contributed by atoms with van der Waals surface area (Å²) in [7, 11) is 0. The molecule has 0 saturated carbocycles. The van der Waals surface area contributed by atoms with Gasteiger partial charge in [-0.2, -0.15) is 0 Å². The Kier molecular flexibility index (Phi) is 5.12. The van der Waals surface area contributed by atoms with E-state index < -0.39 is 6.10 Å². The predicted octanol–water partition coefficient (Wildman–Crippen LogP) is 4.44. The van der Waals surface area contributed by atoms with Gasteiger partial charge in [0, 0.05) is 0 Å². The second-order valence-electron chi connectivity index (χ2n) is 7.07. The number of carbonyl (C=O) groups is 1. The van der Waals surface area contributed by atoms with Crippen LogP contribution in [0.3, 0.4) is 0 Å². The highest BCUT2D eigenvalue weighted by Crippen LogP contribution is 2.26. The van der Waals surface area contributed by atoms with Crippen LogP contribution in [0.4, 0.5) is 0 Å². The van der Waals surface area contributed by atoms with E-state index in [2.05, 4.69) is 23.5 Å². The van der Waals surface area contributed by atoms with Crippen LogP contribution >= 0.6 is 0 Å². The van der Waals surface area contributed by atoms with E-state index in [9.17, 15) is 4.79 Å². The summed E-state index contributed by atoms with van der Waals surface area (Å²) in [4.78, 5) is 12.5. The standard InChI is InChI=1S/C22H27NO2/c1-14-7-5-10-21(15(14)2)25-17(4)22(24)23-16(3)19-12-11-18-8-6-9-20(18)13-19/h5,7,10-13,16-17H,6,8-9H2,1-4H3,(H,23,24)/t16-,17+/m1/s1. The first-order valence-electron chi connectivity index (χ1n) is 9.10. The van der Waals surface area contributed by atoms with Gasteiger partial charge in [0.15, 0.2) is 6.10 Å². The Bertz CT molecular complexity index is 782. The third-order valence-corrected chi connectivity index (χ3v) is 5.21. The van der Waals surface area contributed by atoms with Crippen LogP contribution in [0.5, 0.6) is 5.75 Å². The van der Waals surface area contributed by atoms with Crippen molar-refractivity contribution in [3.05, 3.63) is 64.2 Å². The van der Waals surface area contributed by atoms with E-state index in [0.29, 0.717) is 0 Å². The molecule has 0 heterocycles. The maximum Gasteiger partial charge on any atom is 0.261 e. The first-order valence-corrected chi connectivity index (χ1v) is 9.10. The number of benzene rings is 2. The van der Waals surface area contributed by atoms with Gasteiger partial charge >= 0.3 is 0 Å². The third kappa shape index (κ3) is 3.87. The third-order valence-electron chi connectivity index (χ3n) is 5.21. The number of amides is 1. The quantitative estimate of drug-likeness (QED) is 0.876. The molecule has 3 rings (SSSR count). The van der Waals surface area contributed by atoms with Gasteiger partial charge < -0.3 is 10.1 Å². The number of ether oxygens (including phenoxy) is 1. The fourth-order valence-electron chi connectivity index (χ4n) is 3.37. The van der Waals surface area contributed by atoms with Crippen molar-refractivity contribution in [2.75, 3.05) is 0 Å². The van der Waals surface area contributed by atoms with E-state index >= 15 is 0 Å². The van der Waals surface area contributed by atoms with Crippen molar-refractivity contribution in [2.24, 2.45) is 0 Å². The Morgan fingerprint density at radius 3 is 2.64 bits per heavy atom. The molecule has 1 aliphatic carbocycles. The SMILES string of the molecule is Cc1cccc(O[C@@H](C)C(=O)N[C@H](C)c2ccc3c(c2)CCC3)c1C. The minimum atomic E-state index is -0.530. The lowest BCUT2D eigenvalue weighted by Crippen LogP contribution is -2.37. The van der Waals surface area contributed by atoms with Crippen LogP contribution in [0.25, 0.3) is 0 Å². The van der Waals surface area contributed by atoms with Crippen LogP contribution in [0.2, 0.25) is 0 Å². The van der Waals surface area contributed by atoms with Crippen LogP contribution in [0, 0.1) is 13.8 Å². The van der Waals surface area contributed by atoms with Crippen LogP contribution in [0.15, 0.2) is 36.4 Å². The molecule has 2 atom stereocenters. The Balaban J connectivity index is 1.63. The highest BCUT2D eigenvalue weighted by atomic mass is 16.5. The molecule has 0 aromatic heterocycles. The lowest BCUT2D eigenvalue weighted by molar-refractivity contribution is -0.127. The maximum atomic E-state index is 12.5. The molecule has 3 nitrogen and oxygen atoms in total. The second-order valence-corrected chi connectivity index (χ2v) is 7.07. The average Bonchev–Trinajstić information content (AvgIpc) is 3.06. The molecule has 0 unspecified atom stereocenters. The van der Waals surface area contributed by atoms with Crippen molar-refractivity contribution < 1.29 is 9.53 Å². The number of nitrogens with one attached hydrogen (secondary N) is 1. The largest absolute Gasteiger partial charge is 0.481 e. The second kappa shape index (κ2) is 7.30. The number of aryl methyl sites for hydroxylation is 3. The molecule has 132 valence electrons. The molecule has 25 heavy (non-hydrogen) atoms. The molecule has 1 aliphatic rings. The summed E-state index contributed by atoms with van der Waals surface area (Å²) in [6.45, 7) is 7.89. The molecule has 0 aliphatic heterocycles. The number of hydrogen-bond acceptors (Lipinski definition) is 2. The minimum absolute atomic E-state index is 0.0249. The van der Waals surface area contributed by atoms with Crippen molar-refractivity contribution in [1.29, 1.82) is 0 Å². The van der Waals surface area contributed by atoms with Gasteiger partial charge in [0.1, 0.15) is 5.75 Å². The normalized spacial score (nSPS) is 15.4. The van der Waals surface area contributed by atoms with Crippen molar-refractivity contribution in [1.82, 2.24) is 5.32 Å². The summed E-state index contributed by atoms with van der Waals surface area (Å²) >= 11 is 0. The van der Waals surface area contributed by atoms with E-state index in [1.807, 2.05) is 39.0 Å². The first kappa shape index (κ1) is 17.5. The number of hydrogen-bond donors (Lipinski definition) is 1. The zero-order valence-electron chi connectivity index (χ0n) is 15.6. The van der Waals surface area contributed by atoms with Gasteiger partial charge in [-0.25, -0.2) is 0 Å². The molecule has 2 aromatic carbocycles. The predicted molar refractivity (Wildman–Crippen MR) is 101 cm³/mol. The lowest BCUT2D eigenvalue weighted by atomic mass is 10.0. The summed E-state index contributed by atoms with van der Waals surface area (Å²) in [5, 5.41) is 3.08. The molecule has 0 radical (unpaired) electrons. The molecular weight excluding hydrogens is 310 g/mol. The van der Waals surface area contributed by atoms with Crippen LogP contribution in [-0.4, -0.2) is 12.0 Å². The summed E-state index contributed by atoms with van der Waals surface area (Å²) < 4.78 is 5.89. The van der Waals surface area contributed by atoms with Crippen molar-refractivity contribution in [3.63, 3.8) is 0 Å². The van der Waals surface area contributed by atoms with Gasteiger partial charge in [-0.15, -0.1) is 0 Å². The Hall–Kier alpha value is -2.29. The highest BCUT2D eigenvalue weighted by molar-refractivity contribution is 5.81. The molecule has 2 aromatic rings. The Morgan fingerprint density at radius 1 is 1.08 bits per heavy atom. The summed E-state index contributed by atoms with van der Waals surface area (Å²) in [6, 6.07) is 12.5. The van der Waals surface area contributed by atoms with Crippen molar-refractivity contribution in [3.8, 4) is 5.75 Å². The van der Waals surface area contributed by atoms with Crippen molar-refractivity contribution >= 4 is 5.91 Å². The highest BCUT2D eigenvalue weighted by Gasteiger charge is 2.20. The Labute approximate surface area is 150 Å². The van der Waals surface area contributed by atoms with Gasteiger partial charge in [-0.3, -0.25) is 4.79 Å². The van der Waals surface area contributed by atoms with E-state index in [1.54, 1.807) is 6.92 Å². The van der Waals surface area contributed by atoms with Crippen LogP contribution < -0.4 is 10.1 Å². The summed E-state index contributed by atoms with van der Waals surface area (Å²) in [6.07, 6.45) is 3.03. The smallest absolute Gasteiger partial charge is 0.261 e. The number of rotatable bonds is 5. The fourth-order valence-corrected chi connectivity index (χ4v) is 3.37. The first-order chi connectivity index (χ1) is 12.0. The molecule has 0 bridgehead atoms. The molecular formula is C22H27NO2. The average molecular weight is 337 g/mol. The van der Waals surface area contributed by atoms with Crippen LogP contribution in [-0.2, 0) is 17.6 Å². The van der Waals surface area contributed by atoms with E-state index in [0.717, 1.165) is 28.9 Å². The van der Waals surface area contributed by atoms with Gasteiger partial charge in [0.25, 0.3) is 5.91 Å². The summed E-state index contributed by atoms with van der Waals surface area (Å²) in [5.74, 6) is 0.682. The van der Waals surface area contributed by atoms with E-state index in [4.69, 9.17) is 4.74 Å². The lowest BCUT2D eigenvalue weighted by Gasteiger charge is -2.20. The zero-order chi connectivity index (χ0) is 18.0. The molecule has 0 saturated heterocycles. The molecule has 3 heteroatoms. The maximum absolute atomic E-state index is 12.5. The minimum Gasteiger partial charge on any atom is -0.481 e. The fraction of sp³-hybridized carbons (Fsp3) is 0.409. The van der Waals surface area contributed by atoms with Gasteiger partial charge in [0.05, 0.1) is 6.04 Å². The van der Waals surface area contributed by atoms with E-state index in [-0.39, 0.29) is 11.9 Å². The molecule has 0 spiro atoms. The monoisotopic (exact) mass is 337 g/mol. The number of fused-ring (bicyclic) bond motifs is 1. The van der Waals surface area contributed by atoms with E-state index in [1.165, 1.54) is 24.0 Å². The van der Waals surface area contributed by atoms with Gasteiger partial charge in [0.2, 0.25) is 0 Å². The van der Waals surface area contributed by atoms with Crippen LogP contribution in [0.1, 0.15) is 54.1 Å². The van der Waals surface area contributed by atoms with Crippen molar-refractivity contribution in [2.45, 2.75) is 59.1 Å². The summed E-state index contributed by atoms with van der Waals surface area (Å²) in [5.41, 5.74) is 6.28. The topological polar surface area (TPSA) is 38.3 Å². The van der Waals surface area contributed by atoms with Gasteiger partial charge in [-0.05, 0) is 80.8 Å². The molecule has 1 amide bonds.